The summed E-state index contributed by atoms with van der Waals surface area (Å²) in [5, 5.41) is 10.5. The third kappa shape index (κ3) is 2.63. The summed E-state index contributed by atoms with van der Waals surface area (Å²) in [6, 6.07) is 5.26. The lowest BCUT2D eigenvalue weighted by Crippen LogP contribution is -2.40. The number of nitrogens with one attached hydrogen (secondary N) is 1. The molecule has 1 N–H and O–H groups in total. The van der Waals surface area contributed by atoms with Crippen LogP contribution in [-0.4, -0.2) is 65.7 Å². The van der Waals surface area contributed by atoms with Gasteiger partial charge in [-0.2, -0.15) is 15.4 Å². The second-order valence-corrected chi connectivity index (χ2v) is 4.78. The Morgan fingerprint density at radius 3 is 3.05 bits per heavy atom. The van der Waals surface area contributed by atoms with Crippen LogP contribution in [0.3, 0.4) is 0 Å². The van der Waals surface area contributed by atoms with E-state index in [4.69, 9.17) is 9.47 Å². The highest BCUT2D eigenvalue weighted by atomic mass is 16.6. The first kappa shape index (κ1) is 13.0. The van der Waals surface area contributed by atoms with Gasteiger partial charge in [0.05, 0.1) is 25.9 Å². The van der Waals surface area contributed by atoms with Gasteiger partial charge in [-0.15, -0.1) is 0 Å². The SMILES string of the molecule is CN(CC1COCCO1)C(=O)c1ccc2n[nH]nc2c1. The van der Waals surface area contributed by atoms with Crippen molar-refractivity contribution in [2.24, 2.45) is 0 Å². The number of hydrogen-bond donors (Lipinski definition) is 1. The molecule has 1 unspecified atom stereocenters. The monoisotopic (exact) mass is 276 g/mol. The largest absolute Gasteiger partial charge is 0.376 e. The predicted molar refractivity (Wildman–Crippen MR) is 71.4 cm³/mol. The van der Waals surface area contributed by atoms with Gasteiger partial charge < -0.3 is 14.4 Å². The number of aromatic amines is 1. The molecule has 0 spiro atoms. The third-order valence-corrected chi connectivity index (χ3v) is 3.27. The van der Waals surface area contributed by atoms with E-state index in [2.05, 4.69) is 15.4 Å². The van der Waals surface area contributed by atoms with Gasteiger partial charge in [0.1, 0.15) is 11.0 Å². The minimum Gasteiger partial charge on any atom is -0.376 e. The van der Waals surface area contributed by atoms with Gasteiger partial charge in [-0.25, -0.2) is 0 Å². The number of H-pyrrole nitrogens is 1. The molecule has 1 aromatic carbocycles. The summed E-state index contributed by atoms with van der Waals surface area (Å²) in [5.74, 6) is -0.0657. The molecule has 0 saturated carbocycles. The first-order chi connectivity index (χ1) is 9.74. The van der Waals surface area contributed by atoms with E-state index in [0.29, 0.717) is 37.4 Å². The molecule has 20 heavy (non-hydrogen) atoms. The minimum atomic E-state index is -0.0657. The number of likely N-dealkylation sites (N-methyl/N-ethyl adjacent to an activating group) is 1. The molecule has 106 valence electrons. The van der Waals surface area contributed by atoms with Crippen molar-refractivity contribution in [1.29, 1.82) is 0 Å². The van der Waals surface area contributed by atoms with Crippen LogP contribution in [0, 0.1) is 0 Å². The van der Waals surface area contributed by atoms with Crippen LogP contribution in [0.2, 0.25) is 0 Å². The topological polar surface area (TPSA) is 80.3 Å². The molecule has 2 heterocycles. The highest BCUT2D eigenvalue weighted by Crippen LogP contribution is 2.13. The maximum Gasteiger partial charge on any atom is 0.253 e. The van der Waals surface area contributed by atoms with Gasteiger partial charge in [-0.1, -0.05) is 0 Å². The molecule has 2 aromatic rings. The molecule has 7 heteroatoms. The van der Waals surface area contributed by atoms with Crippen LogP contribution < -0.4 is 0 Å². The minimum absolute atomic E-state index is 0.0616. The lowest BCUT2D eigenvalue weighted by Gasteiger charge is -2.27. The summed E-state index contributed by atoms with van der Waals surface area (Å²) < 4.78 is 10.9. The molecule has 1 saturated heterocycles. The van der Waals surface area contributed by atoms with E-state index in [-0.39, 0.29) is 12.0 Å². The summed E-state index contributed by atoms with van der Waals surface area (Å²) in [5.41, 5.74) is 2.01. The lowest BCUT2D eigenvalue weighted by molar-refractivity contribution is -0.0933. The number of nitrogens with zero attached hydrogens (tertiary/aromatic N) is 3. The number of amides is 1. The zero-order valence-electron chi connectivity index (χ0n) is 11.2. The molecule has 7 nitrogen and oxygen atoms in total. The van der Waals surface area contributed by atoms with Crippen LogP contribution in [0.15, 0.2) is 18.2 Å². The Labute approximate surface area is 115 Å². The fraction of sp³-hybridized carbons (Fsp3) is 0.462. The summed E-state index contributed by atoms with van der Waals surface area (Å²) >= 11 is 0. The second kappa shape index (κ2) is 5.56. The van der Waals surface area contributed by atoms with Gasteiger partial charge in [0, 0.05) is 19.2 Å². The summed E-state index contributed by atoms with van der Waals surface area (Å²) in [4.78, 5) is 14.0. The van der Waals surface area contributed by atoms with Gasteiger partial charge in [0.2, 0.25) is 0 Å². The van der Waals surface area contributed by atoms with Gasteiger partial charge in [-0.3, -0.25) is 4.79 Å². The van der Waals surface area contributed by atoms with Crippen molar-refractivity contribution < 1.29 is 14.3 Å². The van der Waals surface area contributed by atoms with Gasteiger partial charge in [0.15, 0.2) is 0 Å². The first-order valence-corrected chi connectivity index (χ1v) is 6.49. The zero-order valence-corrected chi connectivity index (χ0v) is 11.2. The molecule has 1 aromatic heterocycles. The maximum atomic E-state index is 12.4. The second-order valence-electron chi connectivity index (χ2n) is 4.78. The Morgan fingerprint density at radius 2 is 2.25 bits per heavy atom. The van der Waals surface area contributed by atoms with E-state index < -0.39 is 0 Å². The van der Waals surface area contributed by atoms with E-state index in [1.54, 1.807) is 30.1 Å². The van der Waals surface area contributed by atoms with E-state index in [1.807, 2.05) is 0 Å². The molecule has 0 bridgehead atoms. The number of aromatic nitrogens is 3. The van der Waals surface area contributed by atoms with Crippen LogP contribution in [0.25, 0.3) is 11.0 Å². The van der Waals surface area contributed by atoms with Gasteiger partial charge >= 0.3 is 0 Å². The Balaban J connectivity index is 1.70. The van der Waals surface area contributed by atoms with Crippen molar-refractivity contribution in [3.63, 3.8) is 0 Å². The standard InChI is InChI=1S/C13H16N4O3/c1-17(7-10-8-19-4-5-20-10)13(18)9-2-3-11-12(6-9)15-16-14-11/h2-3,6,10H,4-5,7-8H2,1H3,(H,14,15,16). The third-order valence-electron chi connectivity index (χ3n) is 3.27. The van der Waals surface area contributed by atoms with Crippen LogP contribution >= 0.6 is 0 Å². The number of fused-ring (bicyclic) bond motifs is 1. The molecule has 3 rings (SSSR count). The van der Waals surface area contributed by atoms with Crippen molar-refractivity contribution in [2.45, 2.75) is 6.10 Å². The maximum absolute atomic E-state index is 12.4. The Kier molecular flexibility index (Phi) is 3.62. The van der Waals surface area contributed by atoms with Gasteiger partial charge in [-0.05, 0) is 18.2 Å². The molecule has 1 fully saturated rings. The van der Waals surface area contributed by atoms with E-state index >= 15 is 0 Å². The molecular formula is C13H16N4O3. The van der Waals surface area contributed by atoms with Crippen molar-refractivity contribution in [2.75, 3.05) is 33.4 Å². The fourth-order valence-corrected chi connectivity index (χ4v) is 2.22. The summed E-state index contributed by atoms with van der Waals surface area (Å²) in [7, 11) is 1.76. The smallest absolute Gasteiger partial charge is 0.253 e. The molecule has 0 aliphatic carbocycles. The van der Waals surface area contributed by atoms with E-state index in [0.717, 1.165) is 5.52 Å². The average Bonchev–Trinajstić information content (AvgIpc) is 2.94. The van der Waals surface area contributed by atoms with Crippen LogP contribution in [-0.2, 0) is 9.47 Å². The molecule has 1 atom stereocenters. The van der Waals surface area contributed by atoms with Crippen molar-refractivity contribution in [3.05, 3.63) is 23.8 Å². The molecule has 1 amide bonds. The predicted octanol–water partition coefficient (Wildman–Crippen LogP) is 0.445. The number of ether oxygens (including phenoxy) is 2. The Morgan fingerprint density at radius 1 is 1.40 bits per heavy atom. The molecule has 1 aliphatic rings. The highest BCUT2D eigenvalue weighted by Gasteiger charge is 2.20. The van der Waals surface area contributed by atoms with E-state index in [1.165, 1.54) is 0 Å². The average molecular weight is 276 g/mol. The van der Waals surface area contributed by atoms with Crippen molar-refractivity contribution in [3.8, 4) is 0 Å². The zero-order chi connectivity index (χ0) is 13.9. The van der Waals surface area contributed by atoms with Crippen LogP contribution in [0.1, 0.15) is 10.4 Å². The van der Waals surface area contributed by atoms with E-state index in [9.17, 15) is 4.79 Å². The fourth-order valence-electron chi connectivity index (χ4n) is 2.22. The van der Waals surface area contributed by atoms with Gasteiger partial charge in [0.25, 0.3) is 5.91 Å². The highest BCUT2D eigenvalue weighted by molar-refractivity contribution is 5.97. The van der Waals surface area contributed by atoms with Crippen molar-refractivity contribution in [1.82, 2.24) is 20.3 Å². The van der Waals surface area contributed by atoms with Crippen molar-refractivity contribution >= 4 is 16.9 Å². The number of carbonyl (C=O) groups is 1. The molecule has 1 aliphatic heterocycles. The first-order valence-electron chi connectivity index (χ1n) is 6.49. The Bertz CT molecular complexity index is 606. The summed E-state index contributed by atoms with van der Waals surface area (Å²) in [6.45, 7) is 2.24. The normalized spacial score (nSPS) is 19.1. The van der Waals surface area contributed by atoms with Crippen LogP contribution in [0.4, 0.5) is 0 Å². The number of benzene rings is 1. The number of rotatable bonds is 3. The number of hydrogen-bond acceptors (Lipinski definition) is 5. The Hall–Kier alpha value is -1.99. The lowest BCUT2D eigenvalue weighted by atomic mass is 10.1. The molecular weight excluding hydrogens is 260 g/mol. The van der Waals surface area contributed by atoms with Crippen LogP contribution in [0.5, 0.6) is 0 Å². The number of carbonyl (C=O) groups excluding carboxylic acids is 1. The summed E-state index contributed by atoms with van der Waals surface area (Å²) in [6.07, 6.45) is -0.0616. The quantitative estimate of drug-likeness (QED) is 0.880. The molecule has 0 radical (unpaired) electrons.